The van der Waals surface area contributed by atoms with Gasteiger partial charge in [-0.15, -0.1) is 0 Å². The van der Waals surface area contributed by atoms with Crippen molar-refractivity contribution in [2.45, 2.75) is 27.4 Å². The quantitative estimate of drug-likeness (QED) is 0.510. The minimum Gasteiger partial charge on any atom is -0.488 e. The van der Waals surface area contributed by atoms with Gasteiger partial charge in [-0.2, -0.15) is 0 Å². The molecule has 0 aliphatic heterocycles. The van der Waals surface area contributed by atoms with Crippen LogP contribution in [0.25, 0.3) is 0 Å². The van der Waals surface area contributed by atoms with Gasteiger partial charge in [-0.3, -0.25) is 10.2 Å². The van der Waals surface area contributed by atoms with E-state index < -0.39 is 5.91 Å². The highest BCUT2D eigenvalue weighted by Crippen LogP contribution is 2.27. The standard InChI is InChI=1S/C15H18N2O3/c1-9-4-5-10(2)13(11(9)3)20-8-12-6-7-19-14(12)15(18)17-16/h4-7H,8,16H2,1-3H3,(H,17,18). The Hall–Kier alpha value is -2.27. The van der Waals surface area contributed by atoms with Crippen molar-refractivity contribution in [2.75, 3.05) is 0 Å². The molecule has 0 radical (unpaired) electrons. The van der Waals surface area contributed by atoms with E-state index in [1.807, 2.05) is 32.3 Å². The molecular formula is C15H18N2O3. The summed E-state index contributed by atoms with van der Waals surface area (Å²) in [6.07, 6.45) is 1.44. The zero-order valence-electron chi connectivity index (χ0n) is 11.8. The van der Waals surface area contributed by atoms with E-state index in [2.05, 4.69) is 6.07 Å². The van der Waals surface area contributed by atoms with Crippen molar-refractivity contribution in [1.82, 2.24) is 5.43 Å². The number of amides is 1. The minimum absolute atomic E-state index is 0.176. The Kier molecular flexibility index (Phi) is 4.10. The first-order valence-electron chi connectivity index (χ1n) is 6.31. The van der Waals surface area contributed by atoms with Gasteiger partial charge in [0, 0.05) is 5.56 Å². The van der Waals surface area contributed by atoms with Gasteiger partial charge in [-0.1, -0.05) is 12.1 Å². The summed E-state index contributed by atoms with van der Waals surface area (Å²) in [5, 5.41) is 0. The molecule has 0 unspecified atom stereocenters. The third-order valence-electron chi connectivity index (χ3n) is 3.33. The van der Waals surface area contributed by atoms with E-state index in [0.29, 0.717) is 5.56 Å². The number of nitrogens with one attached hydrogen (secondary N) is 1. The average molecular weight is 274 g/mol. The van der Waals surface area contributed by atoms with Crippen LogP contribution < -0.4 is 16.0 Å². The second kappa shape index (κ2) is 5.79. The summed E-state index contributed by atoms with van der Waals surface area (Å²) in [4.78, 5) is 11.5. The maximum Gasteiger partial charge on any atom is 0.301 e. The molecule has 106 valence electrons. The molecule has 1 aromatic heterocycles. The van der Waals surface area contributed by atoms with E-state index in [4.69, 9.17) is 15.0 Å². The van der Waals surface area contributed by atoms with Gasteiger partial charge in [-0.25, -0.2) is 5.84 Å². The summed E-state index contributed by atoms with van der Waals surface area (Å²) in [6, 6.07) is 5.77. The van der Waals surface area contributed by atoms with Crippen LogP contribution in [0, 0.1) is 20.8 Å². The van der Waals surface area contributed by atoms with Crippen molar-refractivity contribution in [3.63, 3.8) is 0 Å². The summed E-state index contributed by atoms with van der Waals surface area (Å²) in [6.45, 7) is 6.29. The third kappa shape index (κ3) is 2.67. The van der Waals surface area contributed by atoms with Crippen molar-refractivity contribution in [2.24, 2.45) is 5.84 Å². The van der Waals surface area contributed by atoms with Gasteiger partial charge >= 0.3 is 5.91 Å². The number of furan rings is 1. The predicted octanol–water partition coefficient (Wildman–Crippen LogP) is 2.39. The molecule has 5 heteroatoms. The minimum atomic E-state index is -0.466. The second-order valence-electron chi connectivity index (χ2n) is 4.69. The lowest BCUT2D eigenvalue weighted by Crippen LogP contribution is -2.30. The van der Waals surface area contributed by atoms with Crippen LogP contribution in [0.15, 0.2) is 28.9 Å². The van der Waals surface area contributed by atoms with Crippen LogP contribution in [0.3, 0.4) is 0 Å². The molecule has 0 bridgehead atoms. The molecule has 20 heavy (non-hydrogen) atoms. The smallest absolute Gasteiger partial charge is 0.301 e. The number of aryl methyl sites for hydroxylation is 2. The summed E-state index contributed by atoms with van der Waals surface area (Å²) >= 11 is 0. The van der Waals surface area contributed by atoms with Crippen LogP contribution in [0.4, 0.5) is 0 Å². The Balaban J connectivity index is 2.20. The highest BCUT2D eigenvalue weighted by molar-refractivity contribution is 5.92. The number of benzene rings is 1. The first kappa shape index (κ1) is 14.1. The number of rotatable bonds is 4. The van der Waals surface area contributed by atoms with Gasteiger partial charge in [0.25, 0.3) is 0 Å². The van der Waals surface area contributed by atoms with Crippen LogP contribution in [-0.4, -0.2) is 5.91 Å². The normalized spacial score (nSPS) is 10.4. The molecule has 2 aromatic rings. The maximum absolute atomic E-state index is 11.5. The topological polar surface area (TPSA) is 77.5 Å². The summed E-state index contributed by atoms with van der Waals surface area (Å²) in [5.74, 6) is 5.66. The van der Waals surface area contributed by atoms with Gasteiger partial charge in [-0.05, 0) is 43.5 Å². The first-order valence-corrected chi connectivity index (χ1v) is 6.31. The zero-order valence-corrected chi connectivity index (χ0v) is 11.8. The number of carbonyl (C=O) groups excluding carboxylic acids is 1. The summed E-state index contributed by atoms with van der Waals surface area (Å²) < 4.78 is 11.0. The molecule has 0 atom stereocenters. The molecule has 0 aliphatic rings. The van der Waals surface area contributed by atoms with Crippen molar-refractivity contribution >= 4 is 5.91 Å². The van der Waals surface area contributed by atoms with Gasteiger partial charge in [0.2, 0.25) is 0 Å². The molecule has 0 fully saturated rings. The maximum atomic E-state index is 11.5. The summed E-state index contributed by atoms with van der Waals surface area (Å²) in [7, 11) is 0. The first-order chi connectivity index (χ1) is 9.54. The lowest BCUT2D eigenvalue weighted by molar-refractivity contribution is 0.0922. The molecule has 0 saturated heterocycles. The molecular weight excluding hydrogens is 256 g/mol. The Morgan fingerprint density at radius 3 is 2.65 bits per heavy atom. The third-order valence-corrected chi connectivity index (χ3v) is 3.33. The van der Waals surface area contributed by atoms with Crippen molar-refractivity contribution < 1.29 is 13.9 Å². The Morgan fingerprint density at radius 2 is 1.95 bits per heavy atom. The molecule has 0 spiro atoms. The molecule has 3 N–H and O–H groups in total. The van der Waals surface area contributed by atoms with Crippen LogP contribution in [0.1, 0.15) is 32.8 Å². The van der Waals surface area contributed by atoms with Crippen molar-refractivity contribution in [1.29, 1.82) is 0 Å². The average Bonchev–Trinajstić information content (AvgIpc) is 2.90. The zero-order chi connectivity index (χ0) is 14.7. The van der Waals surface area contributed by atoms with Crippen LogP contribution in [0.5, 0.6) is 5.75 Å². The number of nitrogens with two attached hydrogens (primary N) is 1. The van der Waals surface area contributed by atoms with Crippen LogP contribution >= 0.6 is 0 Å². The fourth-order valence-electron chi connectivity index (χ4n) is 2.01. The Bertz CT molecular complexity index is 632. The number of hydrogen-bond acceptors (Lipinski definition) is 4. The molecule has 2 rings (SSSR count). The van der Waals surface area contributed by atoms with Gasteiger partial charge in [0.1, 0.15) is 12.4 Å². The van der Waals surface area contributed by atoms with Crippen LogP contribution in [0.2, 0.25) is 0 Å². The second-order valence-corrected chi connectivity index (χ2v) is 4.69. The largest absolute Gasteiger partial charge is 0.488 e. The summed E-state index contributed by atoms with van der Waals surface area (Å²) in [5.41, 5.74) is 6.03. The number of hydrogen-bond donors (Lipinski definition) is 2. The molecule has 0 aliphatic carbocycles. The van der Waals surface area contributed by atoms with E-state index in [-0.39, 0.29) is 12.4 Å². The number of carbonyl (C=O) groups is 1. The number of nitrogen functional groups attached to an aromatic ring is 1. The van der Waals surface area contributed by atoms with E-state index in [9.17, 15) is 4.79 Å². The lowest BCUT2D eigenvalue weighted by atomic mass is 10.1. The monoisotopic (exact) mass is 274 g/mol. The molecule has 5 nitrogen and oxygen atoms in total. The molecule has 1 amide bonds. The fourth-order valence-corrected chi connectivity index (χ4v) is 2.01. The molecule has 1 heterocycles. The van der Waals surface area contributed by atoms with Crippen molar-refractivity contribution in [3.05, 3.63) is 52.5 Å². The Morgan fingerprint density at radius 1 is 1.25 bits per heavy atom. The van der Waals surface area contributed by atoms with Gasteiger partial charge < -0.3 is 9.15 Å². The lowest BCUT2D eigenvalue weighted by Gasteiger charge is -2.13. The van der Waals surface area contributed by atoms with E-state index in [0.717, 1.165) is 22.4 Å². The van der Waals surface area contributed by atoms with Gasteiger partial charge in [0.15, 0.2) is 5.76 Å². The van der Waals surface area contributed by atoms with E-state index in [1.54, 1.807) is 6.07 Å². The molecule has 0 saturated carbocycles. The van der Waals surface area contributed by atoms with E-state index >= 15 is 0 Å². The van der Waals surface area contributed by atoms with Crippen LogP contribution in [-0.2, 0) is 6.61 Å². The van der Waals surface area contributed by atoms with Crippen molar-refractivity contribution in [3.8, 4) is 5.75 Å². The number of hydrazine groups is 1. The fraction of sp³-hybridized carbons (Fsp3) is 0.267. The van der Waals surface area contributed by atoms with E-state index in [1.165, 1.54) is 6.26 Å². The Labute approximate surface area is 117 Å². The highest BCUT2D eigenvalue weighted by atomic mass is 16.5. The molecule has 1 aromatic carbocycles. The number of ether oxygens (including phenoxy) is 1. The predicted molar refractivity (Wildman–Crippen MR) is 75.3 cm³/mol. The highest BCUT2D eigenvalue weighted by Gasteiger charge is 2.15. The van der Waals surface area contributed by atoms with Gasteiger partial charge in [0.05, 0.1) is 6.26 Å². The SMILES string of the molecule is Cc1ccc(C)c(OCc2ccoc2C(=O)NN)c1C.